The molecule has 0 saturated carbocycles. The van der Waals surface area contributed by atoms with Crippen LogP contribution in [0.1, 0.15) is 21.7 Å². The van der Waals surface area contributed by atoms with Crippen molar-refractivity contribution in [3.05, 3.63) is 34.0 Å². The summed E-state index contributed by atoms with van der Waals surface area (Å²) in [5.41, 5.74) is 1.41. The molecule has 2 aromatic rings. The second-order valence-corrected chi connectivity index (χ2v) is 6.41. The number of amides is 1. The predicted octanol–water partition coefficient (Wildman–Crippen LogP) is 3.25. The third kappa shape index (κ3) is 2.82. The molecule has 8 nitrogen and oxygen atoms in total. The minimum atomic E-state index is -0.358. The third-order valence-corrected chi connectivity index (χ3v) is 4.72. The molecule has 140 valence electrons. The second kappa shape index (κ2) is 6.62. The lowest BCUT2D eigenvalue weighted by Gasteiger charge is -2.18. The van der Waals surface area contributed by atoms with Crippen molar-refractivity contribution in [2.45, 2.75) is 6.92 Å². The zero-order valence-corrected chi connectivity index (χ0v) is 15.8. The molecule has 1 aromatic carbocycles. The van der Waals surface area contributed by atoms with Crippen molar-refractivity contribution in [2.24, 2.45) is 9.98 Å². The number of aryl methyl sites for hydroxylation is 1. The summed E-state index contributed by atoms with van der Waals surface area (Å²) in [6, 6.07) is 3.19. The van der Waals surface area contributed by atoms with E-state index in [1.165, 1.54) is 14.2 Å². The molecule has 1 amide bonds. The number of benzene rings is 1. The van der Waals surface area contributed by atoms with Crippen LogP contribution in [-0.4, -0.2) is 50.3 Å². The lowest BCUT2D eigenvalue weighted by Crippen LogP contribution is -2.30. The number of rotatable bonds is 4. The quantitative estimate of drug-likeness (QED) is 0.868. The highest BCUT2D eigenvalue weighted by atomic mass is 35.5. The van der Waals surface area contributed by atoms with Crippen LogP contribution in [0.25, 0.3) is 0 Å². The van der Waals surface area contributed by atoms with Gasteiger partial charge in [-0.1, -0.05) is 11.6 Å². The molecule has 0 aliphatic carbocycles. The molecule has 2 aliphatic rings. The highest BCUT2D eigenvalue weighted by Crippen LogP contribution is 2.38. The van der Waals surface area contributed by atoms with Crippen molar-refractivity contribution < 1.29 is 18.7 Å². The zero-order chi connectivity index (χ0) is 19.1. The number of hydrogen-bond donors (Lipinski definition) is 1. The molecule has 9 heteroatoms. The van der Waals surface area contributed by atoms with E-state index < -0.39 is 0 Å². The van der Waals surface area contributed by atoms with Gasteiger partial charge in [0.1, 0.15) is 29.4 Å². The number of carbonyl (C=O) groups excluding carboxylic acids is 1. The van der Waals surface area contributed by atoms with Gasteiger partial charge < -0.3 is 24.1 Å². The van der Waals surface area contributed by atoms with Crippen LogP contribution >= 0.6 is 11.6 Å². The summed E-state index contributed by atoms with van der Waals surface area (Å²) < 4.78 is 16.2. The van der Waals surface area contributed by atoms with Gasteiger partial charge in [-0.2, -0.15) is 0 Å². The molecule has 1 N–H and O–H groups in total. The van der Waals surface area contributed by atoms with Crippen molar-refractivity contribution in [3.63, 3.8) is 0 Å². The maximum absolute atomic E-state index is 13.1. The maximum Gasteiger partial charge on any atom is 0.260 e. The number of anilines is 1. The van der Waals surface area contributed by atoms with Crippen molar-refractivity contribution >= 4 is 41.3 Å². The first-order valence-corrected chi connectivity index (χ1v) is 8.63. The number of nitrogens with zero attached hydrogens (tertiary/aromatic N) is 3. The number of carbonyl (C=O) groups is 1. The average Bonchev–Trinajstić information content (AvgIpc) is 3.24. The standard InChI is InChI=1S/C18H17ClN4O4/c1-9-14(15-16-20-4-5-23(16)8-21-18(15)27-9)17(24)22-11-6-10(19)12(25-2)7-13(11)26-3/h6-8H,4-5H2,1-3H3,(H,22,24). The molecule has 0 fully saturated rings. The fourth-order valence-corrected chi connectivity index (χ4v) is 3.40. The van der Waals surface area contributed by atoms with E-state index in [1.807, 2.05) is 4.90 Å². The molecule has 0 saturated heterocycles. The molecule has 27 heavy (non-hydrogen) atoms. The van der Waals surface area contributed by atoms with Crippen molar-refractivity contribution in [2.75, 3.05) is 32.6 Å². The van der Waals surface area contributed by atoms with Crippen LogP contribution in [0, 0.1) is 6.92 Å². The summed E-state index contributed by atoms with van der Waals surface area (Å²) in [5.74, 6) is 2.07. The van der Waals surface area contributed by atoms with Crippen LogP contribution in [0.15, 0.2) is 26.5 Å². The molecule has 4 rings (SSSR count). The number of halogens is 1. The number of furan rings is 1. The van der Waals surface area contributed by atoms with Crippen LogP contribution < -0.4 is 14.8 Å². The van der Waals surface area contributed by atoms with Crippen molar-refractivity contribution in [1.29, 1.82) is 0 Å². The van der Waals surface area contributed by atoms with E-state index in [2.05, 4.69) is 15.3 Å². The Bertz CT molecular complexity index is 996. The minimum absolute atomic E-state index is 0.357. The summed E-state index contributed by atoms with van der Waals surface area (Å²) in [5, 5.41) is 3.19. The number of aliphatic imine (C=N–C) groups is 2. The van der Waals surface area contributed by atoms with E-state index in [0.717, 1.165) is 6.54 Å². The molecule has 1 aromatic heterocycles. The van der Waals surface area contributed by atoms with Gasteiger partial charge in [-0.25, -0.2) is 4.99 Å². The molecule has 0 bridgehead atoms. The Labute approximate surface area is 160 Å². The average molecular weight is 389 g/mol. The molecule has 0 spiro atoms. The largest absolute Gasteiger partial charge is 0.495 e. The van der Waals surface area contributed by atoms with Crippen LogP contribution in [-0.2, 0) is 0 Å². The summed E-state index contributed by atoms with van der Waals surface area (Å²) >= 11 is 6.19. The Morgan fingerprint density at radius 3 is 2.81 bits per heavy atom. The summed E-state index contributed by atoms with van der Waals surface area (Å²) in [4.78, 5) is 23.7. The summed E-state index contributed by atoms with van der Waals surface area (Å²) in [6.07, 6.45) is 1.67. The fraction of sp³-hybridized carbons (Fsp3) is 0.278. The zero-order valence-electron chi connectivity index (χ0n) is 15.0. The van der Waals surface area contributed by atoms with E-state index in [4.69, 9.17) is 25.5 Å². The lowest BCUT2D eigenvalue weighted by atomic mass is 10.1. The number of ether oxygens (including phenoxy) is 2. The molecular formula is C18H17ClN4O4. The van der Waals surface area contributed by atoms with E-state index in [1.54, 1.807) is 25.4 Å². The van der Waals surface area contributed by atoms with Gasteiger partial charge in [0.05, 0.1) is 42.6 Å². The van der Waals surface area contributed by atoms with Gasteiger partial charge in [-0.05, 0) is 13.0 Å². The first kappa shape index (κ1) is 17.4. The van der Waals surface area contributed by atoms with Crippen LogP contribution in [0.5, 0.6) is 11.5 Å². The number of hydrogen-bond acceptors (Lipinski definition) is 7. The molecule has 3 heterocycles. The number of fused-ring (bicyclic) bond motifs is 3. The van der Waals surface area contributed by atoms with Gasteiger partial charge >= 0.3 is 0 Å². The van der Waals surface area contributed by atoms with Crippen LogP contribution in [0.3, 0.4) is 0 Å². The Morgan fingerprint density at radius 1 is 1.30 bits per heavy atom. The van der Waals surface area contributed by atoms with Gasteiger partial charge in [-0.3, -0.25) is 9.79 Å². The number of nitrogens with one attached hydrogen (secondary N) is 1. The minimum Gasteiger partial charge on any atom is -0.495 e. The van der Waals surface area contributed by atoms with E-state index >= 15 is 0 Å². The predicted molar refractivity (Wildman–Crippen MR) is 102 cm³/mol. The van der Waals surface area contributed by atoms with Crippen LogP contribution in [0.2, 0.25) is 5.02 Å². The lowest BCUT2D eigenvalue weighted by molar-refractivity contribution is 0.102. The monoisotopic (exact) mass is 388 g/mol. The van der Waals surface area contributed by atoms with Gasteiger partial charge in [0.15, 0.2) is 0 Å². The Morgan fingerprint density at radius 2 is 2.07 bits per heavy atom. The first-order valence-electron chi connectivity index (χ1n) is 8.25. The number of amidine groups is 1. The Kier molecular flexibility index (Phi) is 4.27. The molecular weight excluding hydrogens is 372 g/mol. The second-order valence-electron chi connectivity index (χ2n) is 6.00. The summed E-state index contributed by atoms with van der Waals surface area (Å²) in [6.45, 7) is 3.10. The van der Waals surface area contributed by atoms with E-state index in [0.29, 0.717) is 57.4 Å². The first-order chi connectivity index (χ1) is 13.0. The van der Waals surface area contributed by atoms with Gasteiger partial charge in [0.2, 0.25) is 5.88 Å². The topological polar surface area (TPSA) is 88.7 Å². The molecule has 0 unspecified atom stereocenters. The molecule has 2 aliphatic heterocycles. The Balaban J connectivity index is 1.73. The van der Waals surface area contributed by atoms with Gasteiger partial charge in [0, 0.05) is 12.6 Å². The maximum atomic E-state index is 13.1. The highest BCUT2D eigenvalue weighted by Gasteiger charge is 2.33. The van der Waals surface area contributed by atoms with Gasteiger partial charge in [0.25, 0.3) is 5.91 Å². The van der Waals surface area contributed by atoms with Crippen molar-refractivity contribution in [1.82, 2.24) is 4.90 Å². The van der Waals surface area contributed by atoms with Gasteiger partial charge in [-0.15, -0.1) is 0 Å². The smallest absolute Gasteiger partial charge is 0.260 e. The van der Waals surface area contributed by atoms with E-state index in [-0.39, 0.29) is 5.91 Å². The number of methoxy groups -OCH3 is 2. The molecule has 0 atom stereocenters. The third-order valence-electron chi connectivity index (χ3n) is 4.43. The van der Waals surface area contributed by atoms with E-state index in [9.17, 15) is 4.79 Å². The molecule has 0 radical (unpaired) electrons. The SMILES string of the molecule is COc1cc(OC)c(NC(=O)c2c(C)oc3c2C2=NCCN2C=N3)cc1Cl. The highest BCUT2D eigenvalue weighted by molar-refractivity contribution is 6.32. The Hall–Kier alpha value is -3.00. The van der Waals surface area contributed by atoms with Crippen molar-refractivity contribution in [3.8, 4) is 11.5 Å². The fourth-order valence-electron chi connectivity index (χ4n) is 3.16. The normalized spacial score (nSPS) is 14.5. The summed E-state index contributed by atoms with van der Waals surface area (Å²) in [7, 11) is 3.01. The van der Waals surface area contributed by atoms with Crippen LogP contribution in [0.4, 0.5) is 11.6 Å².